The highest BCUT2D eigenvalue weighted by Gasteiger charge is 2.16. The van der Waals surface area contributed by atoms with Crippen LogP contribution in [0.2, 0.25) is 0 Å². The third-order valence-corrected chi connectivity index (χ3v) is 3.11. The molecule has 0 spiro atoms. The molecule has 0 unspecified atom stereocenters. The van der Waals surface area contributed by atoms with Crippen LogP contribution in [-0.2, 0) is 0 Å². The van der Waals surface area contributed by atoms with Gasteiger partial charge >= 0.3 is 0 Å². The fourth-order valence-corrected chi connectivity index (χ4v) is 1.99. The van der Waals surface area contributed by atoms with Gasteiger partial charge in [-0.1, -0.05) is 6.07 Å². The van der Waals surface area contributed by atoms with E-state index in [1.165, 1.54) is 0 Å². The third kappa shape index (κ3) is 2.91. The van der Waals surface area contributed by atoms with Crippen LogP contribution in [0.3, 0.4) is 0 Å². The van der Waals surface area contributed by atoms with Gasteiger partial charge in [0, 0.05) is 11.6 Å². The number of benzene rings is 2. The molecule has 21 heavy (non-hydrogen) atoms. The molecule has 0 atom stereocenters. The summed E-state index contributed by atoms with van der Waals surface area (Å²) >= 11 is 0. The topological polar surface area (TPSA) is 54.0 Å². The Morgan fingerprint density at radius 1 is 1.10 bits per heavy atom. The quantitative estimate of drug-likeness (QED) is 0.791. The molecule has 0 radical (unpaired) electrons. The summed E-state index contributed by atoms with van der Waals surface area (Å²) in [6.45, 7) is 0.139. The largest absolute Gasteiger partial charge is 0.497 e. The standard InChI is InChI=1S/C16H14O5/c1-18-12-3-2-4-13(8-12)19-9-14(17)11-5-6-15-16(7-11)21-10-20-15/h2-8H,9-10H2,1H3. The summed E-state index contributed by atoms with van der Waals surface area (Å²) in [5, 5.41) is 0. The van der Waals surface area contributed by atoms with Crippen molar-refractivity contribution in [3.05, 3.63) is 48.0 Å². The predicted molar refractivity (Wildman–Crippen MR) is 75.4 cm³/mol. The highest BCUT2D eigenvalue weighted by Crippen LogP contribution is 2.32. The van der Waals surface area contributed by atoms with Crippen molar-refractivity contribution in [3.63, 3.8) is 0 Å². The predicted octanol–water partition coefficient (Wildman–Crippen LogP) is 2.69. The van der Waals surface area contributed by atoms with Crippen LogP contribution in [0.1, 0.15) is 10.4 Å². The Balaban J connectivity index is 1.66. The smallest absolute Gasteiger partial charge is 0.231 e. The zero-order valence-corrected chi connectivity index (χ0v) is 11.5. The van der Waals surface area contributed by atoms with Crippen molar-refractivity contribution < 1.29 is 23.7 Å². The van der Waals surface area contributed by atoms with E-state index in [1.54, 1.807) is 43.5 Å². The van der Waals surface area contributed by atoms with Crippen LogP contribution < -0.4 is 18.9 Å². The average molecular weight is 286 g/mol. The molecular formula is C16H14O5. The lowest BCUT2D eigenvalue weighted by Gasteiger charge is -2.07. The van der Waals surface area contributed by atoms with Crippen molar-refractivity contribution in [2.45, 2.75) is 0 Å². The van der Waals surface area contributed by atoms with E-state index >= 15 is 0 Å². The monoisotopic (exact) mass is 286 g/mol. The number of hydrogen-bond donors (Lipinski definition) is 0. The summed E-state index contributed by atoms with van der Waals surface area (Å²) in [6.07, 6.45) is 0. The Morgan fingerprint density at radius 3 is 2.76 bits per heavy atom. The average Bonchev–Trinajstić information content (AvgIpc) is 3.00. The number of fused-ring (bicyclic) bond motifs is 1. The van der Waals surface area contributed by atoms with Crippen molar-refractivity contribution in [2.75, 3.05) is 20.5 Å². The number of ketones is 1. The maximum atomic E-state index is 12.1. The number of Topliss-reactive ketones (excluding diaryl/α,β-unsaturated/α-hetero) is 1. The molecule has 1 aliphatic rings. The first kappa shape index (κ1) is 13.3. The van der Waals surface area contributed by atoms with Gasteiger partial charge in [-0.2, -0.15) is 0 Å². The van der Waals surface area contributed by atoms with Crippen LogP contribution in [0.15, 0.2) is 42.5 Å². The molecule has 2 aromatic rings. The molecule has 108 valence electrons. The molecule has 0 bridgehead atoms. The zero-order valence-electron chi connectivity index (χ0n) is 11.5. The molecule has 0 aromatic heterocycles. The summed E-state index contributed by atoms with van der Waals surface area (Å²) in [4.78, 5) is 12.1. The van der Waals surface area contributed by atoms with Gasteiger partial charge in [0.25, 0.3) is 0 Å². The molecule has 0 fully saturated rings. The molecule has 0 saturated carbocycles. The minimum atomic E-state index is -0.129. The molecule has 0 aliphatic carbocycles. The van der Waals surface area contributed by atoms with E-state index in [2.05, 4.69) is 0 Å². The van der Waals surface area contributed by atoms with Gasteiger partial charge in [-0.3, -0.25) is 4.79 Å². The zero-order chi connectivity index (χ0) is 14.7. The highest BCUT2D eigenvalue weighted by atomic mass is 16.7. The van der Waals surface area contributed by atoms with Gasteiger partial charge in [-0.15, -0.1) is 0 Å². The van der Waals surface area contributed by atoms with E-state index in [0.717, 1.165) is 0 Å². The summed E-state index contributed by atoms with van der Waals surface area (Å²) in [5.74, 6) is 2.38. The Hall–Kier alpha value is -2.69. The molecule has 1 heterocycles. The third-order valence-electron chi connectivity index (χ3n) is 3.11. The summed E-state index contributed by atoms with van der Waals surface area (Å²) in [7, 11) is 1.58. The number of carbonyl (C=O) groups excluding carboxylic acids is 1. The van der Waals surface area contributed by atoms with Crippen LogP contribution in [0.4, 0.5) is 0 Å². The SMILES string of the molecule is COc1cccc(OCC(=O)c2ccc3c(c2)OCO3)c1. The van der Waals surface area contributed by atoms with Gasteiger partial charge in [0.15, 0.2) is 23.9 Å². The molecule has 1 aliphatic heterocycles. The number of hydrogen-bond acceptors (Lipinski definition) is 5. The van der Waals surface area contributed by atoms with Crippen molar-refractivity contribution in [1.29, 1.82) is 0 Å². The summed E-state index contributed by atoms with van der Waals surface area (Å²) in [6, 6.07) is 12.2. The lowest BCUT2D eigenvalue weighted by Crippen LogP contribution is -2.11. The molecule has 3 rings (SSSR count). The molecule has 5 heteroatoms. The highest BCUT2D eigenvalue weighted by molar-refractivity contribution is 5.97. The summed E-state index contributed by atoms with van der Waals surface area (Å²) < 4.78 is 21.0. The molecule has 2 aromatic carbocycles. The van der Waals surface area contributed by atoms with E-state index in [0.29, 0.717) is 28.6 Å². The second kappa shape index (κ2) is 5.75. The fraction of sp³-hybridized carbons (Fsp3) is 0.188. The first-order valence-electron chi connectivity index (χ1n) is 6.46. The van der Waals surface area contributed by atoms with E-state index in [9.17, 15) is 4.79 Å². The minimum Gasteiger partial charge on any atom is -0.497 e. The van der Waals surface area contributed by atoms with Crippen LogP contribution in [0.25, 0.3) is 0 Å². The Morgan fingerprint density at radius 2 is 1.90 bits per heavy atom. The van der Waals surface area contributed by atoms with Gasteiger partial charge in [0.05, 0.1) is 7.11 Å². The van der Waals surface area contributed by atoms with Gasteiger partial charge in [-0.05, 0) is 30.3 Å². The second-order valence-corrected chi connectivity index (χ2v) is 4.46. The molecule has 0 saturated heterocycles. The number of methoxy groups -OCH3 is 1. The van der Waals surface area contributed by atoms with E-state index in [4.69, 9.17) is 18.9 Å². The lowest BCUT2D eigenvalue weighted by atomic mass is 10.1. The number of carbonyl (C=O) groups is 1. The van der Waals surface area contributed by atoms with Crippen LogP contribution in [0, 0.1) is 0 Å². The number of rotatable bonds is 5. The van der Waals surface area contributed by atoms with E-state index < -0.39 is 0 Å². The van der Waals surface area contributed by atoms with Crippen molar-refractivity contribution >= 4 is 5.78 Å². The molecule has 5 nitrogen and oxygen atoms in total. The van der Waals surface area contributed by atoms with Gasteiger partial charge in [0.2, 0.25) is 6.79 Å². The van der Waals surface area contributed by atoms with Crippen molar-refractivity contribution in [1.82, 2.24) is 0 Å². The van der Waals surface area contributed by atoms with E-state index in [1.807, 2.05) is 6.07 Å². The van der Waals surface area contributed by atoms with Gasteiger partial charge in [0.1, 0.15) is 11.5 Å². The van der Waals surface area contributed by atoms with E-state index in [-0.39, 0.29) is 19.2 Å². The minimum absolute atomic E-state index is 0.0488. The van der Waals surface area contributed by atoms with Crippen LogP contribution >= 0.6 is 0 Å². The Bertz CT molecular complexity index is 665. The van der Waals surface area contributed by atoms with Crippen molar-refractivity contribution in [2.24, 2.45) is 0 Å². The van der Waals surface area contributed by atoms with Crippen LogP contribution in [0.5, 0.6) is 23.0 Å². The maximum absolute atomic E-state index is 12.1. The summed E-state index contributed by atoms with van der Waals surface area (Å²) in [5.41, 5.74) is 0.530. The lowest BCUT2D eigenvalue weighted by molar-refractivity contribution is 0.0921. The first-order valence-corrected chi connectivity index (χ1v) is 6.46. The normalized spacial score (nSPS) is 12.0. The number of ether oxygens (including phenoxy) is 4. The Labute approximate surface area is 122 Å². The Kier molecular flexibility index (Phi) is 3.64. The van der Waals surface area contributed by atoms with Crippen molar-refractivity contribution in [3.8, 4) is 23.0 Å². The molecule has 0 N–H and O–H groups in total. The van der Waals surface area contributed by atoms with Crippen LogP contribution in [-0.4, -0.2) is 26.3 Å². The molecular weight excluding hydrogens is 272 g/mol. The second-order valence-electron chi connectivity index (χ2n) is 4.46. The van der Waals surface area contributed by atoms with Gasteiger partial charge < -0.3 is 18.9 Å². The fourth-order valence-electron chi connectivity index (χ4n) is 1.99. The molecule has 0 amide bonds. The maximum Gasteiger partial charge on any atom is 0.231 e. The van der Waals surface area contributed by atoms with Gasteiger partial charge in [-0.25, -0.2) is 0 Å². The first-order chi connectivity index (χ1) is 10.3.